The molecule has 0 radical (unpaired) electrons. The topological polar surface area (TPSA) is 130 Å². The Morgan fingerprint density at radius 1 is 1.14 bits per heavy atom. The number of para-hydroxylation sites is 1. The van der Waals surface area contributed by atoms with E-state index in [1.165, 1.54) is 25.3 Å². The molecule has 0 saturated heterocycles. The van der Waals surface area contributed by atoms with Crippen molar-refractivity contribution in [1.29, 1.82) is 0 Å². The SMILES string of the molecule is COC(=O)c1cc(CNC(=O)Cc2cn(-c3ccccc3)nc2-c2ccc([N+](=O)[O-])cc2)oc1C. The van der Waals surface area contributed by atoms with Crippen molar-refractivity contribution in [1.82, 2.24) is 15.1 Å². The molecule has 1 N–H and O–H groups in total. The standard InChI is InChI=1S/C25H22N4O6/c1-16-22(25(31)34-2)13-21(35-16)14-26-23(30)12-18-15-28(19-6-4-3-5-7-19)27-24(18)17-8-10-20(11-9-17)29(32)33/h3-11,13,15H,12,14H2,1-2H3,(H,26,30). The largest absolute Gasteiger partial charge is 0.465 e. The number of nitro groups is 1. The third kappa shape index (κ3) is 5.27. The lowest BCUT2D eigenvalue weighted by molar-refractivity contribution is -0.384. The Labute approximate surface area is 200 Å². The Morgan fingerprint density at radius 2 is 1.86 bits per heavy atom. The highest BCUT2D eigenvalue weighted by Gasteiger charge is 2.18. The monoisotopic (exact) mass is 474 g/mol. The summed E-state index contributed by atoms with van der Waals surface area (Å²) in [4.78, 5) is 35.1. The fraction of sp³-hybridized carbons (Fsp3) is 0.160. The minimum Gasteiger partial charge on any atom is -0.465 e. The highest BCUT2D eigenvalue weighted by Crippen LogP contribution is 2.26. The smallest absolute Gasteiger partial charge is 0.341 e. The number of carbonyl (C=O) groups excluding carboxylic acids is 2. The summed E-state index contributed by atoms with van der Waals surface area (Å²) in [5.41, 5.74) is 2.92. The maximum Gasteiger partial charge on any atom is 0.341 e. The number of benzene rings is 2. The van der Waals surface area contributed by atoms with Crippen LogP contribution in [0.1, 0.15) is 27.4 Å². The van der Waals surface area contributed by atoms with E-state index in [-0.39, 0.29) is 24.6 Å². The number of carbonyl (C=O) groups is 2. The van der Waals surface area contributed by atoms with Crippen LogP contribution in [-0.4, -0.2) is 33.7 Å². The predicted molar refractivity (Wildman–Crippen MR) is 126 cm³/mol. The van der Waals surface area contributed by atoms with Gasteiger partial charge in [-0.3, -0.25) is 14.9 Å². The summed E-state index contributed by atoms with van der Waals surface area (Å²) in [7, 11) is 1.29. The van der Waals surface area contributed by atoms with Crippen molar-refractivity contribution in [2.75, 3.05) is 7.11 Å². The van der Waals surface area contributed by atoms with Crippen LogP contribution in [0.4, 0.5) is 5.69 Å². The van der Waals surface area contributed by atoms with Crippen LogP contribution in [0.3, 0.4) is 0 Å². The number of furan rings is 1. The number of esters is 1. The molecule has 0 aliphatic carbocycles. The van der Waals surface area contributed by atoms with Gasteiger partial charge in [-0.1, -0.05) is 18.2 Å². The Balaban J connectivity index is 1.56. The molecule has 2 aromatic heterocycles. The number of ether oxygens (including phenoxy) is 1. The Bertz CT molecular complexity index is 1370. The predicted octanol–water partition coefficient (Wildman–Crippen LogP) is 3.99. The lowest BCUT2D eigenvalue weighted by atomic mass is 10.1. The summed E-state index contributed by atoms with van der Waals surface area (Å²) in [6.07, 6.45) is 1.78. The first-order valence-electron chi connectivity index (χ1n) is 10.7. The van der Waals surface area contributed by atoms with Gasteiger partial charge in [0.05, 0.1) is 36.4 Å². The summed E-state index contributed by atoms with van der Waals surface area (Å²) in [5.74, 6) is 0.0388. The summed E-state index contributed by atoms with van der Waals surface area (Å²) in [6.45, 7) is 1.74. The molecule has 0 aliphatic rings. The number of amides is 1. The van der Waals surface area contributed by atoms with Crippen molar-refractivity contribution in [3.63, 3.8) is 0 Å². The van der Waals surface area contributed by atoms with Crippen LogP contribution >= 0.6 is 0 Å². The van der Waals surface area contributed by atoms with E-state index >= 15 is 0 Å². The molecule has 10 nitrogen and oxygen atoms in total. The fourth-order valence-corrected chi connectivity index (χ4v) is 3.60. The molecule has 2 heterocycles. The maximum atomic E-state index is 12.8. The number of nitrogens with zero attached hydrogens (tertiary/aromatic N) is 3. The van der Waals surface area contributed by atoms with E-state index in [1.807, 2.05) is 30.3 Å². The van der Waals surface area contributed by atoms with Gasteiger partial charge < -0.3 is 14.5 Å². The van der Waals surface area contributed by atoms with Gasteiger partial charge in [0.15, 0.2) is 0 Å². The average Bonchev–Trinajstić information content (AvgIpc) is 3.46. The number of aryl methyl sites for hydroxylation is 1. The van der Waals surface area contributed by atoms with Gasteiger partial charge in [0.25, 0.3) is 5.69 Å². The van der Waals surface area contributed by atoms with Crippen LogP contribution in [-0.2, 0) is 22.5 Å². The number of nitro benzene ring substituents is 1. The number of methoxy groups -OCH3 is 1. The molecule has 1 amide bonds. The Kier molecular flexibility index (Phi) is 6.72. The molecule has 35 heavy (non-hydrogen) atoms. The third-order valence-corrected chi connectivity index (χ3v) is 5.35. The van der Waals surface area contributed by atoms with Crippen LogP contribution in [0, 0.1) is 17.0 Å². The molecule has 4 aromatic rings. The van der Waals surface area contributed by atoms with Crippen molar-refractivity contribution >= 4 is 17.6 Å². The van der Waals surface area contributed by atoms with Gasteiger partial charge in [-0.2, -0.15) is 5.10 Å². The third-order valence-electron chi connectivity index (χ3n) is 5.35. The summed E-state index contributed by atoms with van der Waals surface area (Å²) in [6, 6.07) is 17.0. The van der Waals surface area contributed by atoms with Gasteiger partial charge in [0, 0.05) is 29.5 Å². The second-order valence-corrected chi connectivity index (χ2v) is 7.71. The van der Waals surface area contributed by atoms with E-state index in [2.05, 4.69) is 10.4 Å². The molecule has 10 heteroatoms. The second-order valence-electron chi connectivity index (χ2n) is 7.71. The lowest BCUT2D eigenvalue weighted by Gasteiger charge is -2.04. The molecular formula is C25H22N4O6. The number of non-ortho nitro benzene ring substituents is 1. The minimum atomic E-state index is -0.509. The van der Waals surface area contributed by atoms with E-state index in [4.69, 9.17) is 9.15 Å². The average molecular weight is 474 g/mol. The Morgan fingerprint density at radius 3 is 2.51 bits per heavy atom. The molecule has 0 bridgehead atoms. The zero-order chi connectivity index (χ0) is 24.9. The zero-order valence-electron chi connectivity index (χ0n) is 19.1. The number of nitrogens with one attached hydrogen (secondary N) is 1. The summed E-state index contributed by atoms with van der Waals surface area (Å²) >= 11 is 0. The van der Waals surface area contributed by atoms with Gasteiger partial charge in [0.2, 0.25) is 5.91 Å². The van der Waals surface area contributed by atoms with Crippen molar-refractivity contribution in [2.24, 2.45) is 0 Å². The number of hydrogen-bond donors (Lipinski definition) is 1. The van der Waals surface area contributed by atoms with Crippen LogP contribution < -0.4 is 5.32 Å². The van der Waals surface area contributed by atoms with Gasteiger partial charge in [-0.15, -0.1) is 0 Å². The summed E-state index contributed by atoms with van der Waals surface area (Å²) < 4.78 is 11.9. The molecule has 0 unspecified atom stereocenters. The normalized spacial score (nSPS) is 10.7. The van der Waals surface area contributed by atoms with Gasteiger partial charge >= 0.3 is 5.97 Å². The first kappa shape index (κ1) is 23.4. The van der Waals surface area contributed by atoms with Gasteiger partial charge in [-0.25, -0.2) is 9.48 Å². The molecule has 0 saturated carbocycles. The van der Waals surface area contributed by atoms with Crippen molar-refractivity contribution in [3.05, 3.63) is 99.6 Å². The van der Waals surface area contributed by atoms with Gasteiger partial charge in [-0.05, 0) is 37.3 Å². The Hall–Kier alpha value is -4.73. The molecule has 0 fully saturated rings. The molecule has 0 atom stereocenters. The molecule has 178 valence electrons. The van der Waals surface area contributed by atoms with Crippen molar-refractivity contribution < 1.29 is 23.7 Å². The quantitative estimate of drug-likeness (QED) is 0.232. The summed E-state index contributed by atoms with van der Waals surface area (Å²) in [5, 5.41) is 18.4. The van der Waals surface area contributed by atoms with Crippen LogP contribution in [0.2, 0.25) is 0 Å². The first-order chi connectivity index (χ1) is 16.9. The molecule has 0 aliphatic heterocycles. The van der Waals surface area contributed by atoms with Crippen LogP contribution in [0.15, 0.2) is 71.3 Å². The van der Waals surface area contributed by atoms with Crippen molar-refractivity contribution in [2.45, 2.75) is 19.9 Å². The van der Waals surface area contributed by atoms with Crippen LogP contribution in [0.25, 0.3) is 16.9 Å². The van der Waals surface area contributed by atoms with Crippen molar-refractivity contribution in [3.8, 4) is 16.9 Å². The van der Waals surface area contributed by atoms with Gasteiger partial charge in [0.1, 0.15) is 17.1 Å². The molecule has 2 aromatic carbocycles. The maximum absolute atomic E-state index is 12.8. The number of rotatable bonds is 8. The number of hydrogen-bond acceptors (Lipinski definition) is 7. The molecular weight excluding hydrogens is 452 g/mol. The fourth-order valence-electron chi connectivity index (χ4n) is 3.60. The molecule has 0 spiro atoms. The number of aromatic nitrogens is 2. The highest BCUT2D eigenvalue weighted by atomic mass is 16.6. The second kappa shape index (κ2) is 10.0. The highest BCUT2D eigenvalue weighted by molar-refractivity contribution is 5.90. The van der Waals surface area contributed by atoms with E-state index in [0.717, 1.165) is 5.69 Å². The first-order valence-corrected chi connectivity index (χ1v) is 10.7. The molecule has 4 rings (SSSR count). The van der Waals surface area contributed by atoms with E-state index in [9.17, 15) is 19.7 Å². The van der Waals surface area contributed by atoms with E-state index in [1.54, 1.807) is 29.9 Å². The van der Waals surface area contributed by atoms with Crippen LogP contribution in [0.5, 0.6) is 0 Å². The lowest BCUT2D eigenvalue weighted by Crippen LogP contribution is -2.24. The van der Waals surface area contributed by atoms with E-state index < -0.39 is 10.9 Å². The minimum absolute atomic E-state index is 0.0166. The zero-order valence-corrected chi connectivity index (χ0v) is 19.1. The van der Waals surface area contributed by atoms with E-state index in [0.29, 0.717) is 33.9 Å².